The van der Waals surface area contributed by atoms with Crippen molar-refractivity contribution in [3.05, 3.63) is 24.0 Å². The second kappa shape index (κ2) is 7.72. The molecule has 1 fully saturated rings. The molecule has 0 atom stereocenters. The third-order valence-corrected chi connectivity index (χ3v) is 4.21. The summed E-state index contributed by atoms with van der Waals surface area (Å²) < 4.78 is 10.1. The third kappa shape index (κ3) is 5.08. The molecule has 1 aliphatic rings. The average molecular weight is 349 g/mol. The molecule has 25 heavy (non-hydrogen) atoms. The number of piperidine rings is 1. The molecule has 0 unspecified atom stereocenters. The third-order valence-electron chi connectivity index (χ3n) is 4.21. The van der Waals surface area contributed by atoms with E-state index in [1.54, 1.807) is 17.2 Å². The van der Waals surface area contributed by atoms with Crippen molar-refractivity contribution in [3.8, 4) is 0 Å². The molecular formula is C18H27N3O4. The van der Waals surface area contributed by atoms with Gasteiger partial charge in [-0.05, 0) is 45.7 Å². The summed E-state index contributed by atoms with van der Waals surface area (Å²) >= 11 is 0. The Balaban J connectivity index is 1.91. The number of aromatic nitrogens is 1. The SMILES string of the molecule is COC(=O)c1ccc(N(C)C2CCN(C(=O)OC(C)(C)C)CC2)cn1. The van der Waals surface area contributed by atoms with E-state index in [4.69, 9.17) is 4.74 Å². The average Bonchev–Trinajstić information content (AvgIpc) is 2.59. The first-order valence-electron chi connectivity index (χ1n) is 8.46. The quantitative estimate of drug-likeness (QED) is 0.781. The second-order valence-electron chi connectivity index (χ2n) is 7.20. The minimum atomic E-state index is -0.474. The van der Waals surface area contributed by atoms with Gasteiger partial charge in [-0.3, -0.25) is 0 Å². The van der Waals surface area contributed by atoms with Gasteiger partial charge in [0.25, 0.3) is 0 Å². The number of anilines is 1. The summed E-state index contributed by atoms with van der Waals surface area (Å²) in [6.45, 7) is 6.94. The molecule has 0 aromatic carbocycles. The van der Waals surface area contributed by atoms with E-state index in [2.05, 4.69) is 14.6 Å². The Morgan fingerprint density at radius 1 is 1.24 bits per heavy atom. The highest BCUT2D eigenvalue weighted by Gasteiger charge is 2.28. The number of rotatable bonds is 3. The predicted octanol–water partition coefficient (Wildman–Crippen LogP) is 2.70. The summed E-state index contributed by atoms with van der Waals surface area (Å²) in [7, 11) is 3.34. The zero-order valence-electron chi connectivity index (χ0n) is 15.6. The summed E-state index contributed by atoms with van der Waals surface area (Å²) in [5.41, 5.74) is 0.750. The summed E-state index contributed by atoms with van der Waals surface area (Å²) in [4.78, 5) is 31.6. The van der Waals surface area contributed by atoms with Gasteiger partial charge in [-0.1, -0.05) is 0 Å². The molecule has 1 aromatic rings. The van der Waals surface area contributed by atoms with Crippen LogP contribution in [-0.2, 0) is 9.47 Å². The fourth-order valence-corrected chi connectivity index (χ4v) is 2.79. The number of ether oxygens (including phenoxy) is 2. The molecule has 0 N–H and O–H groups in total. The Morgan fingerprint density at radius 2 is 1.88 bits per heavy atom. The first-order valence-corrected chi connectivity index (χ1v) is 8.46. The van der Waals surface area contributed by atoms with E-state index in [1.807, 2.05) is 33.9 Å². The number of likely N-dealkylation sites (tertiary alicyclic amines) is 1. The van der Waals surface area contributed by atoms with Crippen LogP contribution in [0, 0.1) is 0 Å². The molecule has 138 valence electrons. The number of esters is 1. The molecule has 7 nitrogen and oxygen atoms in total. The van der Waals surface area contributed by atoms with Crippen molar-refractivity contribution in [2.24, 2.45) is 0 Å². The summed E-state index contributed by atoms with van der Waals surface area (Å²) in [6, 6.07) is 3.83. The summed E-state index contributed by atoms with van der Waals surface area (Å²) in [6.07, 6.45) is 3.13. The lowest BCUT2D eigenvalue weighted by Crippen LogP contribution is -2.47. The van der Waals surface area contributed by atoms with Crippen molar-refractivity contribution < 1.29 is 19.1 Å². The Kier molecular flexibility index (Phi) is 5.87. The van der Waals surface area contributed by atoms with Gasteiger partial charge in [0.15, 0.2) is 0 Å². The van der Waals surface area contributed by atoms with Crippen molar-refractivity contribution in [2.45, 2.75) is 45.3 Å². The molecule has 0 aliphatic carbocycles. The maximum atomic E-state index is 12.1. The van der Waals surface area contributed by atoms with Crippen molar-refractivity contribution in [1.29, 1.82) is 0 Å². The number of carbonyl (C=O) groups is 2. The standard InChI is InChI=1S/C18H27N3O4/c1-18(2,3)25-17(23)21-10-8-13(9-11-21)20(4)14-6-7-15(19-12-14)16(22)24-5/h6-7,12-13H,8-11H2,1-5H3. The van der Waals surface area contributed by atoms with Crippen LogP contribution in [0.5, 0.6) is 0 Å². The Morgan fingerprint density at radius 3 is 2.36 bits per heavy atom. The van der Waals surface area contributed by atoms with Crippen LogP contribution >= 0.6 is 0 Å². The smallest absolute Gasteiger partial charge is 0.410 e. The van der Waals surface area contributed by atoms with Gasteiger partial charge in [0.1, 0.15) is 11.3 Å². The van der Waals surface area contributed by atoms with Crippen molar-refractivity contribution in [2.75, 3.05) is 32.1 Å². The molecule has 7 heteroatoms. The van der Waals surface area contributed by atoms with Crippen molar-refractivity contribution in [3.63, 3.8) is 0 Å². The Labute approximate surface area is 148 Å². The minimum absolute atomic E-state index is 0.252. The highest BCUT2D eigenvalue weighted by atomic mass is 16.6. The van der Waals surface area contributed by atoms with Crippen LogP contribution in [0.25, 0.3) is 0 Å². The van der Waals surface area contributed by atoms with Crippen LogP contribution in [0.4, 0.5) is 10.5 Å². The molecule has 0 saturated carbocycles. The van der Waals surface area contributed by atoms with Gasteiger partial charge >= 0.3 is 12.1 Å². The lowest BCUT2D eigenvalue weighted by atomic mass is 10.0. The van der Waals surface area contributed by atoms with Crippen molar-refractivity contribution >= 4 is 17.7 Å². The minimum Gasteiger partial charge on any atom is -0.464 e. The number of hydrogen-bond donors (Lipinski definition) is 0. The van der Waals surface area contributed by atoms with Crippen LogP contribution in [0.1, 0.15) is 44.1 Å². The van der Waals surface area contributed by atoms with E-state index in [-0.39, 0.29) is 6.09 Å². The first kappa shape index (κ1) is 19.0. The van der Waals surface area contributed by atoms with E-state index >= 15 is 0 Å². The maximum Gasteiger partial charge on any atom is 0.410 e. The van der Waals surface area contributed by atoms with E-state index in [0.29, 0.717) is 24.8 Å². The normalized spacial score (nSPS) is 15.6. The zero-order chi connectivity index (χ0) is 18.6. The number of amides is 1. The highest BCUT2D eigenvalue weighted by Crippen LogP contribution is 2.23. The number of hydrogen-bond acceptors (Lipinski definition) is 6. The van der Waals surface area contributed by atoms with Crippen LogP contribution in [0.3, 0.4) is 0 Å². The second-order valence-corrected chi connectivity index (χ2v) is 7.20. The number of pyridine rings is 1. The van der Waals surface area contributed by atoms with Gasteiger partial charge in [-0.15, -0.1) is 0 Å². The van der Waals surface area contributed by atoms with E-state index < -0.39 is 11.6 Å². The molecule has 2 heterocycles. The van der Waals surface area contributed by atoms with Gasteiger partial charge in [0.05, 0.1) is 19.0 Å². The monoisotopic (exact) mass is 349 g/mol. The van der Waals surface area contributed by atoms with Crippen LogP contribution in [0.15, 0.2) is 18.3 Å². The number of nitrogens with zero attached hydrogens (tertiary/aromatic N) is 3. The molecule has 1 saturated heterocycles. The fraction of sp³-hybridized carbons (Fsp3) is 0.611. The van der Waals surface area contributed by atoms with Gasteiger partial charge in [-0.25, -0.2) is 14.6 Å². The lowest BCUT2D eigenvalue weighted by Gasteiger charge is -2.38. The van der Waals surface area contributed by atoms with Gasteiger partial charge in [0, 0.05) is 26.2 Å². The molecule has 0 radical (unpaired) electrons. The van der Waals surface area contributed by atoms with Gasteiger partial charge < -0.3 is 19.3 Å². The van der Waals surface area contributed by atoms with E-state index in [1.165, 1.54) is 7.11 Å². The number of methoxy groups -OCH3 is 1. The molecule has 1 aromatic heterocycles. The Hall–Kier alpha value is -2.31. The highest BCUT2D eigenvalue weighted by molar-refractivity contribution is 5.87. The number of carbonyl (C=O) groups excluding carboxylic acids is 2. The largest absolute Gasteiger partial charge is 0.464 e. The zero-order valence-corrected chi connectivity index (χ0v) is 15.6. The predicted molar refractivity (Wildman–Crippen MR) is 94.8 cm³/mol. The topological polar surface area (TPSA) is 72.0 Å². The molecular weight excluding hydrogens is 322 g/mol. The fourth-order valence-electron chi connectivity index (χ4n) is 2.79. The summed E-state index contributed by atoms with van der Waals surface area (Å²) in [5, 5.41) is 0. The first-order chi connectivity index (χ1) is 11.7. The van der Waals surface area contributed by atoms with Crippen LogP contribution in [-0.4, -0.2) is 60.8 Å². The van der Waals surface area contributed by atoms with Gasteiger partial charge in [0.2, 0.25) is 0 Å². The maximum absolute atomic E-state index is 12.1. The summed E-state index contributed by atoms with van der Waals surface area (Å²) in [5.74, 6) is -0.445. The molecule has 0 spiro atoms. The molecule has 1 aliphatic heterocycles. The van der Waals surface area contributed by atoms with Crippen LogP contribution < -0.4 is 4.90 Å². The lowest BCUT2D eigenvalue weighted by molar-refractivity contribution is 0.0205. The van der Waals surface area contributed by atoms with E-state index in [9.17, 15) is 9.59 Å². The van der Waals surface area contributed by atoms with E-state index in [0.717, 1.165) is 18.5 Å². The Bertz CT molecular complexity index is 602. The molecule has 1 amide bonds. The van der Waals surface area contributed by atoms with Gasteiger partial charge in [-0.2, -0.15) is 0 Å². The van der Waals surface area contributed by atoms with Crippen LogP contribution in [0.2, 0.25) is 0 Å². The van der Waals surface area contributed by atoms with Crippen molar-refractivity contribution in [1.82, 2.24) is 9.88 Å². The molecule has 2 rings (SSSR count). The molecule has 0 bridgehead atoms.